The molecule has 1 fully saturated rings. The molecule has 2 rings (SSSR count). The Hall–Kier alpha value is -1.64. The third-order valence-corrected chi connectivity index (χ3v) is 4.75. The van der Waals surface area contributed by atoms with Gasteiger partial charge in [0.05, 0.1) is 23.7 Å². The summed E-state index contributed by atoms with van der Waals surface area (Å²) < 4.78 is 30.2. The molecular formula is C11H14N2O5S. The van der Waals surface area contributed by atoms with Gasteiger partial charge in [-0.1, -0.05) is 0 Å². The van der Waals surface area contributed by atoms with Crippen molar-refractivity contribution in [2.75, 3.05) is 25.9 Å². The molecule has 0 spiro atoms. The van der Waals surface area contributed by atoms with Crippen LogP contribution in [0.1, 0.15) is 10.4 Å². The van der Waals surface area contributed by atoms with Crippen LogP contribution in [0.2, 0.25) is 0 Å². The maximum Gasteiger partial charge on any atom is 0.339 e. The predicted octanol–water partition coefficient (Wildman–Crippen LogP) is -0.579. The third kappa shape index (κ3) is 2.42. The van der Waals surface area contributed by atoms with Gasteiger partial charge in [-0.05, 0) is 18.2 Å². The molecule has 0 radical (unpaired) electrons. The number of hydrogen-bond acceptors (Lipinski definition) is 6. The van der Waals surface area contributed by atoms with E-state index in [0.29, 0.717) is 0 Å². The number of aliphatic hydroxyl groups is 1. The van der Waals surface area contributed by atoms with Gasteiger partial charge >= 0.3 is 5.97 Å². The molecular weight excluding hydrogens is 272 g/mol. The zero-order valence-corrected chi connectivity index (χ0v) is 11.1. The molecule has 104 valence electrons. The number of nitrogen functional groups attached to an aromatic ring is 1. The molecule has 0 atom stereocenters. The summed E-state index contributed by atoms with van der Waals surface area (Å²) in [4.78, 5) is 11.5. The van der Waals surface area contributed by atoms with Crippen LogP contribution in [-0.2, 0) is 14.8 Å². The van der Waals surface area contributed by atoms with Crippen LogP contribution in [-0.4, -0.2) is 50.1 Å². The molecule has 0 bridgehead atoms. The van der Waals surface area contributed by atoms with Crippen LogP contribution in [0.3, 0.4) is 0 Å². The summed E-state index contributed by atoms with van der Waals surface area (Å²) in [5.41, 5.74) is 5.71. The largest absolute Gasteiger partial charge is 0.465 e. The molecule has 0 saturated carbocycles. The van der Waals surface area contributed by atoms with Crippen LogP contribution in [0.25, 0.3) is 0 Å². The standard InChI is InChI=1S/C11H14N2O5S/c1-18-11(15)9-4-7(12)2-3-10(9)19(16,17)13-5-8(14)6-13/h2-4,8,14H,5-6,12H2,1H3. The molecule has 1 saturated heterocycles. The van der Waals surface area contributed by atoms with Crippen LogP contribution in [0.5, 0.6) is 0 Å². The number of benzene rings is 1. The molecule has 1 aliphatic heterocycles. The van der Waals surface area contributed by atoms with Crippen LogP contribution in [0.4, 0.5) is 5.69 Å². The number of nitrogens with two attached hydrogens (primary N) is 1. The van der Waals surface area contributed by atoms with Gasteiger partial charge in [-0.15, -0.1) is 0 Å². The number of sulfonamides is 1. The molecule has 0 aromatic heterocycles. The van der Waals surface area contributed by atoms with E-state index in [4.69, 9.17) is 5.73 Å². The van der Waals surface area contributed by atoms with Crippen LogP contribution in [0.15, 0.2) is 23.1 Å². The lowest BCUT2D eigenvalue weighted by Gasteiger charge is -2.34. The van der Waals surface area contributed by atoms with Gasteiger partial charge in [0.2, 0.25) is 10.0 Å². The number of aliphatic hydroxyl groups excluding tert-OH is 1. The van der Waals surface area contributed by atoms with Gasteiger partial charge in [-0.3, -0.25) is 0 Å². The Kier molecular flexibility index (Phi) is 3.48. The second kappa shape index (κ2) is 4.80. The van der Waals surface area contributed by atoms with E-state index in [1.54, 1.807) is 0 Å². The van der Waals surface area contributed by atoms with Gasteiger partial charge in [-0.2, -0.15) is 4.31 Å². The van der Waals surface area contributed by atoms with Crippen molar-refractivity contribution >= 4 is 21.7 Å². The monoisotopic (exact) mass is 286 g/mol. The van der Waals surface area contributed by atoms with Crippen molar-refractivity contribution in [2.24, 2.45) is 0 Å². The first kappa shape index (κ1) is 13.8. The van der Waals surface area contributed by atoms with Crippen molar-refractivity contribution in [3.05, 3.63) is 23.8 Å². The second-order valence-electron chi connectivity index (χ2n) is 4.22. The molecule has 3 N–H and O–H groups in total. The number of carbonyl (C=O) groups excluding carboxylic acids is 1. The van der Waals surface area contributed by atoms with E-state index in [2.05, 4.69) is 4.74 Å². The number of β-amino-alcohol motifs (C(OH)–C–C–N with tert-alkyl or cyclic N) is 1. The van der Waals surface area contributed by atoms with E-state index in [0.717, 1.165) is 11.4 Å². The van der Waals surface area contributed by atoms with Crippen molar-refractivity contribution in [3.8, 4) is 0 Å². The molecule has 0 aliphatic carbocycles. The van der Waals surface area contributed by atoms with E-state index in [1.807, 2.05) is 0 Å². The molecule has 1 heterocycles. The van der Waals surface area contributed by atoms with Gasteiger partial charge in [0, 0.05) is 18.8 Å². The molecule has 0 unspecified atom stereocenters. The smallest absolute Gasteiger partial charge is 0.339 e. The van der Waals surface area contributed by atoms with Crippen LogP contribution >= 0.6 is 0 Å². The quantitative estimate of drug-likeness (QED) is 0.568. The van der Waals surface area contributed by atoms with Crippen molar-refractivity contribution in [1.82, 2.24) is 4.31 Å². The van der Waals surface area contributed by atoms with E-state index < -0.39 is 22.1 Å². The number of rotatable bonds is 3. The van der Waals surface area contributed by atoms with Gasteiger partial charge in [-0.25, -0.2) is 13.2 Å². The highest BCUT2D eigenvalue weighted by molar-refractivity contribution is 7.89. The van der Waals surface area contributed by atoms with E-state index in [9.17, 15) is 18.3 Å². The fourth-order valence-electron chi connectivity index (χ4n) is 1.79. The molecule has 1 aromatic carbocycles. The summed E-state index contributed by atoms with van der Waals surface area (Å²) in [5.74, 6) is -0.771. The number of anilines is 1. The molecule has 19 heavy (non-hydrogen) atoms. The summed E-state index contributed by atoms with van der Waals surface area (Å²) in [5, 5.41) is 9.18. The zero-order valence-electron chi connectivity index (χ0n) is 10.2. The van der Waals surface area contributed by atoms with Crippen molar-refractivity contribution in [1.29, 1.82) is 0 Å². The van der Waals surface area contributed by atoms with Gasteiger partial charge in [0.15, 0.2) is 0 Å². The lowest BCUT2D eigenvalue weighted by Crippen LogP contribution is -2.53. The Balaban J connectivity index is 2.47. The fraction of sp³-hybridized carbons (Fsp3) is 0.364. The topological polar surface area (TPSA) is 110 Å². The van der Waals surface area contributed by atoms with Gasteiger partial charge in [0.1, 0.15) is 0 Å². The van der Waals surface area contributed by atoms with Crippen molar-refractivity contribution in [2.45, 2.75) is 11.0 Å². The molecule has 8 heteroatoms. The Morgan fingerprint density at radius 3 is 2.63 bits per heavy atom. The van der Waals surface area contributed by atoms with Crippen molar-refractivity contribution in [3.63, 3.8) is 0 Å². The third-order valence-electron chi connectivity index (χ3n) is 2.86. The Bertz CT molecular complexity index is 608. The number of hydrogen-bond donors (Lipinski definition) is 2. The Morgan fingerprint density at radius 2 is 2.11 bits per heavy atom. The van der Waals surface area contributed by atoms with E-state index in [-0.39, 0.29) is 29.2 Å². The summed E-state index contributed by atoms with van der Waals surface area (Å²) in [7, 11) is -2.66. The lowest BCUT2D eigenvalue weighted by molar-refractivity contribution is 0.0543. The normalized spacial score (nSPS) is 16.9. The molecule has 1 aromatic rings. The average molecular weight is 286 g/mol. The summed E-state index contributed by atoms with van der Waals surface area (Å²) in [6.07, 6.45) is -0.662. The first-order valence-corrected chi connectivity index (χ1v) is 6.96. The minimum absolute atomic E-state index is 0.0212. The maximum atomic E-state index is 12.3. The number of ether oxygens (including phenoxy) is 1. The first-order valence-electron chi connectivity index (χ1n) is 5.52. The molecule has 1 aliphatic rings. The highest BCUT2D eigenvalue weighted by atomic mass is 32.2. The summed E-state index contributed by atoms with van der Waals surface area (Å²) in [6.45, 7) is 0.0423. The summed E-state index contributed by atoms with van der Waals surface area (Å²) >= 11 is 0. The number of nitrogens with zero attached hydrogens (tertiary/aromatic N) is 1. The zero-order chi connectivity index (χ0) is 14.2. The van der Waals surface area contributed by atoms with Crippen LogP contribution < -0.4 is 5.73 Å². The number of methoxy groups -OCH3 is 1. The van der Waals surface area contributed by atoms with Crippen molar-refractivity contribution < 1.29 is 23.1 Å². The molecule has 7 nitrogen and oxygen atoms in total. The lowest BCUT2D eigenvalue weighted by atomic mass is 10.2. The minimum Gasteiger partial charge on any atom is -0.465 e. The first-order chi connectivity index (χ1) is 8.86. The number of carbonyl (C=O) groups is 1. The maximum absolute atomic E-state index is 12.3. The average Bonchev–Trinajstić information content (AvgIpc) is 2.33. The summed E-state index contributed by atoms with van der Waals surface area (Å²) in [6, 6.07) is 3.92. The van der Waals surface area contributed by atoms with Gasteiger partial charge in [0.25, 0.3) is 0 Å². The molecule has 0 amide bonds. The Morgan fingerprint density at radius 1 is 1.47 bits per heavy atom. The highest BCUT2D eigenvalue weighted by Gasteiger charge is 2.37. The van der Waals surface area contributed by atoms with Crippen LogP contribution in [0, 0.1) is 0 Å². The second-order valence-corrected chi connectivity index (χ2v) is 6.13. The Labute approximate surface area is 110 Å². The van der Waals surface area contributed by atoms with E-state index in [1.165, 1.54) is 18.2 Å². The highest BCUT2D eigenvalue weighted by Crippen LogP contribution is 2.26. The minimum atomic E-state index is -3.82. The number of esters is 1. The fourth-order valence-corrected chi connectivity index (χ4v) is 3.47. The predicted molar refractivity (Wildman–Crippen MR) is 67.0 cm³/mol. The van der Waals surface area contributed by atoms with E-state index >= 15 is 0 Å². The van der Waals surface area contributed by atoms with Gasteiger partial charge < -0.3 is 15.6 Å². The SMILES string of the molecule is COC(=O)c1cc(N)ccc1S(=O)(=O)N1CC(O)C1.